The van der Waals surface area contributed by atoms with Crippen LogP contribution in [-0.2, 0) is 9.53 Å². The number of ether oxygens (including phenoxy) is 1. The van der Waals surface area contributed by atoms with E-state index in [1.807, 2.05) is 30.9 Å². The first-order valence-electron chi connectivity index (χ1n) is 8.68. The van der Waals surface area contributed by atoms with Crippen molar-refractivity contribution >= 4 is 11.9 Å². The largest absolute Gasteiger partial charge is 0.361 e. The van der Waals surface area contributed by atoms with Crippen molar-refractivity contribution in [3.8, 4) is 0 Å². The van der Waals surface area contributed by atoms with Crippen molar-refractivity contribution < 1.29 is 14.3 Å². The minimum Gasteiger partial charge on any atom is -0.361 e. The summed E-state index contributed by atoms with van der Waals surface area (Å²) in [7, 11) is 3.44. The van der Waals surface area contributed by atoms with Crippen molar-refractivity contribution in [3.63, 3.8) is 0 Å². The van der Waals surface area contributed by atoms with Gasteiger partial charge in [-0.05, 0) is 25.5 Å². The smallest absolute Gasteiger partial charge is 0.319 e. The second-order valence-electron chi connectivity index (χ2n) is 7.23. The maximum absolute atomic E-state index is 13.3. The Hall–Kier alpha value is -2.15. The third-order valence-corrected chi connectivity index (χ3v) is 5.07. The molecule has 3 heterocycles. The number of hydrogen-bond acceptors (Lipinski definition) is 4. The van der Waals surface area contributed by atoms with E-state index < -0.39 is 5.60 Å². The summed E-state index contributed by atoms with van der Waals surface area (Å²) in [5, 5.41) is 0. The van der Waals surface area contributed by atoms with Gasteiger partial charge in [-0.1, -0.05) is 6.07 Å². The summed E-state index contributed by atoms with van der Waals surface area (Å²) in [4.78, 5) is 35.2. The molecule has 0 aromatic carbocycles. The van der Waals surface area contributed by atoms with E-state index in [-0.39, 0.29) is 30.4 Å². The number of urea groups is 1. The first-order chi connectivity index (χ1) is 11.9. The number of carbonyl (C=O) groups is 2. The Morgan fingerprint density at radius 3 is 2.80 bits per heavy atom. The van der Waals surface area contributed by atoms with Gasteiger partial charge in [-0.15, -0.1) is 0 Å². The molecule has 0 N–H and O–H groups in total. The molecule has 25 heavy (non-hydrogen) atoms. The van der Waals surface area contributed by atoms with Gasteiger partial charge in [0.15, 0.2) is 5.60 Å². The molecule has 1 aromatic heterocycles. The number of pyridine rings is 1. The Balaban J connectivity index is 2.01. The highest BCUT2D eigenvalue weighted by molar-refractivity contribution is 5.90. The van der Waals surface area contributed by atoms with Crippen molar-refractivity contribution in [2.24, 2.45) is 0 Å². The summed E-state index contributed by atoms with van der Waals surface area (Å²) < 4.78 is 6.11. The molecular formula is C18H26N4O3. The van der Waals surface area contributed by atoms with Crippen LogP contribution in [0.2, 0.25) is 0 Å². The molecule has 3 rings (SSSR count). The van der Waals surface area contributed by atoms with Crippen molar-refractivity contribution in [1.29, 1.82) is 0 Å². The molecular weight excluding hydrogens is 320 g/mol. The Labute approximate surface area is 148 Å². The zero-order chi connectivity index (χ0) is 18.2. The van der Waals surface area contributed by atoms with Gasteiger partial charge < -0.3 is 19.4 Å². The lowest BCUT2D eigenvalue weighted by Gasteiger charge is -2.43. The summed E-state index contributed by atoms with van der Waals surface area (Å²) in [6.07, 6.45) is 3.47. The van der Waals surface area contributed by atoms with Crippen LogP contribution >= 0.6 is 0 Å². The SMILES string of the molecule is CC(C)N1CCO[C@@]2(CN(C(=O)N(C)C)C[C@@H]2c2cccnc2)C1=O. The molecule has 2 saturated heterocycles. The molecule has 7 heteroatoms. The van der Waals surface area contributed by atoms with Crippen LogP contribution in [0.15, 0.2) is 24.5 Å². The molecule has 3 amide bonds. The van der Waals surface area contributed by atoms with Gasteiger partial charge >= 0.3 is 6.03 Å². The summed E-state index contributed by atoms with van der Waals surface area (Å²) in [6.45, 7) is 5.79. The Morgan fingerprint density at radius 2 is 2.20 bits per heavy atom. The molecule has 7 nitrogen and oxygen atoms in total. The van der Waals surface area contributed by atoms with Gasteiger partial charge in [0.25, 0.3) is 5.91 Å². The van der Waals surface area contributed by atoms with Crippen LogP contribution in [0.3, 0.4) is 0 Å². The molecule has 2 fully saturated rings. The van der Waals surface area contributed by atoms with Crippen LogP contribution in [0, 0.1) is 0 Å². The predicted molar refractivity (Wildman–Crippen MR) is 93.2 cm³/mol. The number of aromatic nitrogens is 1. The molecule has 2 aliphatic heterocycles. The molecule has 136 valence electrons. The van der Waals surface area contributed by atoms with Gasteiger partial charge in [-0.2, -0.15) is 0 Å². The number of nitrogens with zero attached hydrogens (tertiary/aromatic N) is 4. The third kappa shape index (κ3) is 2.97. The lowest BCUT2D eigenvalue weighted by molar-refractivity contribution is -0.174. The van der Waals surface area contributed by atoms with Crippen LogP contribution in [0.4, 0.5) is 4.79 Å². The second-order valence-corrected chi connectivity index (χ2v) is 7.23. The number of morpholine rings is 1. The van der Waals surface area contributed by atoms with E-state index in [2.05, 4.69) is 4.98 Å². The zero-order valence-corrected chi connectivity index (χ0v) is 15.3. The Kier molecular flexibility index (Phi) is 4.69. The quantitative estimate of drug-likeness (QED) is 0.806. The van der Waals surface area contributed by atoms with Crippen LogP contribution in [0.25, 0.3) is 0 Å². The third-order valence-electron chi connectivity index (χ3n) is 5.07. The van der Waals surface area contributed by atoms with Crippen LogP contribution in [0.5, 0.6) is 0 Å². The number of likely N-dealkylation sites (tertiary alicyclic amines) is 1. The summed E-state index contributed by atoms with van der Waals surface area (Å²) in [6, 6.07) is 3.80. The number of amides is 3. The van der Waals surface area contributed by atoms with E-state index in [0.29, 0.717) is 19.7 Å². The number of rotatable bonds is 2. The molecule has 2 aliphatic rings. The first kappa shape index (κ1) is 17.7. The molecule has 1 spiro atoms. The highest BCUT2D eigenvalue weighted by atomic mass is 16.5. The zero-order valence-electron chi connectivity index (χ0n) is 15.3. The average Bonchev–Trinajstić information content (AvgIpc) is 2.97. The predicted octanol–water partition coefficient (Wildman–Crippen LogP) is 1.17. The van der Waals surface area contributed by atoms with Crippen molar-refractivity contribution in [2.45, 2.75) is 31.4 Å². The molecule has 0 bridgehead atoms. The summed E-state index contributed by atoms with van der Waals surface area (Å²) >= 11 is 0. The Bertz CT molecular complexity index is 649. The standard InChI is InChI=1S/C18H26N4O3/c1-13(2)22-8-9-25-18(16(22)23)12-21(17(24)20(3)4)11-15(18)14-6-5-7-19-10-14/h5-7,10,13,15H,8-9,11-12H2,1-4H3/t15-,18-/m1/s1. The highest BCUT2D eigenvalue weighted by Crippen LogP contribution is 2.42. The van der Waals surface area contributed by atoms with E-state index in [1.165, 1.54) is 4.90 Å². The monoisotopic (exact) mass is 346 g/mol. The average molecular weight is 346 g/mol. The van der Waals surface area contributed by atoms with Crippen LogP contribution < -0.4 is 0 Å². The van der Waals surface area contributed by atoms with Crippen molar-refractivity contribution in [2.75, 3.05) is 40.3 Å². The summed E-state index contributed by atoms with van der Waals surface area (Å²) in [5.41, 5.74) is -0.104. The molecule has 0 saturated carbocycles. The second kappa shape index (κ2) is 6.63. The molecule has 0 unspecified atom stereocenters. The van der Waals surface area contributed by atoms with E-state index in [9.17, 15) is 9.59 Å². The van der Waals surface area contributed by atoms with Gasteiger partial charge in [-0.3, -0.25) is 9.78 Å². The van der Waals surface area contributed by atoms with Gasteiger partial charge in [0.1, 0.15) is 0 Å². The lowest BCUT2D eigenvalue weighted by atomic mass is 9.83. The van der Waals surface area contributed by atoms with Crippen molar-refractivity contribution in [1.82, 2.24) is 19.7 Å². The van der Waals surface area contributed by atoms with E-state index in [1.54, 1.807) is 31.4 Å². The molecule has 1 aromatic rings. The highest BCUT2D eigenvalue weighted by Gasteiger charge is 2.58. The minimum absolute atomic E-state index is 0.0309. The lowest BCUT2D eigenvalue weighted by Crippen LogP contribution is -2.62. The maximum atomic E-state index is 13.3. The Morgan fingerprint density at radius 1 is 1.44 bits per heavy atom. The number of hydrogen-bond donors (Lipinski definition) is 0. The molecule has 2 atom stereocenters. The van der Waals surface area contributed by atoms with Gasteiger partial charge in [0.05, 0.1) is 13.2 Å². The van der Waals surface area contributed by atoms with Gasteiger partial charge in [0, 0.05) is 51.5 Å². The molecule has 0 aliphatic carbocycles. The van der Waals surface area contributed by atoms with Gasteiger partial charge in [0.2, 0.25) is 0 Å². The fraction of sp³-hybridized carbons (Fsp3) is 0.611. The normalized spacial score (nSPS) is 26.6. The van der Waals surface area contributed by atoms with E-state index in [0.717, 1.165) is 5.56 Å². The van der Waals surface area contributed by atoms with Crippen LogP contribution in [-0.4, -0.2) is 83.6 Å². The van der Waals surface area contributed by atoms with Crippen LogP contribution in [0.1, 0.15) is 25.3 Å². The number of carbonyl (C=O) groups excluding carboxylic acids is 2. The topological polar surface area (TPSA) is 66.0 Å². The fourth-order valence-electron chi connectivity index (χ4n) is 3.80. The van der Waals surface area contributed by atoms with E-state index >= 15 is 0 Å². The molecule has 0 radical (unpaired) electrons. The van der Waals surface area contributed by atoms with Gasteiger partial charge in [-0.25, -0.2) is 4.79 Å². The maximum Gasteiger partial charge on any atom is 0.319 e. The minimum atomic E-state index is -1.03. The van der Waals surface area contributed by atoms with Crippen molar-refractivity contribution in [3.05, 3.63) is 30.1 Å². The van der Waals surface area contributed by atoms with E-state index in [4.69, 9.17) is 4.74 Å². The fourth-order valence-corrected chi connectivity index (χ4v) is 3.80. The first-order valence-corrected chi connectivity index (χ1v) is 8.68. The summed E-state index contributed by atoms with van der Waals surface area (Å²) in [5.74, 6) is -0.254.